The van der Waals surface area contributed by atoms with Crippen molar-refractivity contribution in [2.45, 2.75) is 4.90 Å². The van der Waals surface area contributed by atoms with Crippen LogP contribution in [0.25, 0.3) is 16.9 Å². The van der Waals surface area contributed by atoms with Crippen molar-refractivity contribution in [2.75, 3.05) is 12.4 Å². The van der Waals surface area contributed by atoms with Crippen LogP contribution >= 0.6 is 23.2 Å². The van der Waals surface area contributed by atoms with Crippen LogP contribution in [0.1, 0.15) is 0 Å². The van der Waals surface area contributed by atoms with Crippen molar-refractivity contribution < 1.29 is 13.5 Å². The molecule has 0 aliphatic heterocycles. The normalized spacial score (nSPS) is 11.6. The molecule has 0 saturated heterocycles. The van der Waals surface area contributed by atoms with Gasteiger partial charge < -0.3 is 5.11 Å². The molecule has 0 spiro atoms. The molecule has 0 fully saturated rings. The topological polar surface area (TPSA) is 72.2 Å². The number of aromatic nitrogens is 2. The molecule has 0 amide bonds. The van der Waals surface area contributed by atoms with Gasteiger partial charge in [-0.3, -0.25) is 0 Å². The van der Waals surface area contributed by atoms with Crippen LogP contribution in [0.2, 0.25) is 10.2 Å². The van der Waals surface area contributed by atoms with Gasteiger partial charge in [-0.2, -0.15) is 5.10 Å². The second kappa shape index (κ2) is 7.17. The van der Waals surface area contributed by atoms with Crippen LogP contribution in [0.4, 0.5) is 0 Å². The van der Waals surface area contributed by atoms with Gasteiger partial charge in [-0.05, 0) is 36.4 Å². The third kappa shape index (κ3) is 3.88. The van der Waals surface area contributed by atoms with E-state index in [1.807, 2.05) is 12.1 Å². The Morgan fingerprint density at radius 1 is 1.00 bits per heavy atom. The Hall–Kier alpha value is -1.86. The minimum absolute atomic E-state index is 0.161. The highest BCUT2D eigenvalue weighted by Gasteiger charge is 2.15. The van der Waals surface area contributed by atoms with Crippen LogP contribution in [-0.4, -0.2) is 35.7 Å². The second-order valence-electron chi connectivity index (χ2n) is 5.31. The molecule has 1 heterocycles. The average molecular weight is 397 g/mol. The number of halogens is 2. The van der Waals surface area contributed by atoms with Gasteiger partial charge in [0.15, 0.2) is 15.0 Å². The van der Waals surface area contributed by atoms with E-state index < -0.39 is 16.4 Å². The maximum atomic E-state index is 12.0. The van der Waals surface area contributed by atoms with E-state index >= 15 is 0 Å². The average Bonchev–Trinajstić information content (AvgIpc) is 2.97. The quantitative estimate of drug-likeness (QED) is 0.714. The van der Waals surface area contributed by atoms with Gasteiger partial charge >= 0.3 is 0 Å². The van der Waals surface area contributed by atoms with Crippen molar-refractivity contribution in [3.63, 3.8) is 0 Å². The van der Waals surface area contributed by atoms with E-state index in [1.54, 1.807) is 35.0 Å². The number of hydrogen-bond donors (Lipinski definition) is 1. The summed E-state index contributed by atoms with van der Waals surface area (Å²) in [5.41, 5.74) is 2.26. The largest absolute Gasteiger partial charge is 0.395 e. The number of hydrogen-bond acceptors (Lipinski definition) is 4. The Morgan fingerprint density at radius 2 is 1.64 bits per heavy atom. The van der Waals surface area contributed by atoms with Crippen LogP contribution in [0.3, 0.4) is 0 Å². The van der Waals surface area contributed by atoms with Crippen molar-refractivity contribution >= 4 is 33.0 Å². The number of aliphatic hydroxyl groups is 1. The van der Waals surface area contributed by atoms with Crippen LogP contribution < -0.4 is 0 Å². The van der Waals surface area contributed by atoms with E-state index in [-0.39, 0.29) is 10.6 Å². The fourth-order valence-corrected chi connectivity index (χ4v) is 3.74. The maximum absolute atomic E-state index is 12.0. The summed E-state index contributed by atoms with van der Waals surface area (Å²) in [6, 6.07) is 15.2. The van der Waals surface area contributed by atoms with Crippen molar-refractivity contribution in [3.05, 3.63) is 64.8 Å². The summed E-state index contributed by atoms with van der Waals surface area (Å²) >= 11 is 12.0. The van der Waals surface area contributed by atoms with Crippen LogP contribution in [-0.2, 0) is 9.84 Å². The third-order valence-corrected chi connectivity index (χ3v) is 5.77. The van der Waals surface area contributed by atoms with Gasteiger partial charge in [-0.25, -0.2) is 13.1 Å². The number of nitrogens with zero attached hydrogens (tertiary/aromatic N) is 2. The number of aliphatic hydroxyl groups excluding tert-OH is 1. The zero-order chi connectivity index (χ0) is 18.0. The minimum atomic E-state index is -3.48. The molecule has 0 unspecified atom stereocenters. The molecule has 0 radical (unpaired) electrons. The van der Waals surface area contributed by atoms with Gasteiger partial charge in [-0.15, -0.1) is 0 Å². The fraction of sp³-hybridized carbons (Fsp3) is 0.118. The SMILES string of the molecule is O=S(=O)(CCO)c1ccc(-c2cc(Cl)nn2-c2ccc(Cl)cc2)cc1. The molecular formula is C17H14Cl2N2O3S. The molecule has 1 aromatic heterocycles. The Morgan fingerprint density at radius 3 is 2.24 bits per heavy atom. The maximum Gasteiger partial charge on any atom is 0.180 e. The summed E-state index contributed by atoms with van der Waals surface area (Å²) in [5, 5.41) is 14.1. The van der Waals surface area contributed by atoms with Gasteiger partial charge in [0.05, 0.1) is 28.6 Å². The molecule has 0 aliphatic carbocycles. The van der Waals surface area contributed by atoms with Gasteiger partial charge in [0.2, 0.25) is 0 Å². The predicted octanol–water partition coefficient (Wildman–Crippen LogP) is 3.61. The van der Waals surface area contributed by atoms with Crippen LogP contribution in [0, 0.1) is 0 Å². The lowest BCUT2D eigenvalue weighted by molar-refractivity contribution is 0.319. The third-order valence-electron chi connectivity index (χ3n) is 3.62. The standard InChI is InChI=1S/C17H14Cl2N2O3S/c18-13-3-5-14(6-4-13)21-16(11-17(19)20-21)12-1-7-15(8-2-12)25(23,24)10-9-22/h1-8,11,22H,9-10H2. The van der Waals surface area contributed by atoms with Crippen molar-refractivity contribution in [1.82, 2.24) is 9.78 Å². The first-order chi connectivity index (χ1) is 11.9. The zero-order valence-electron chi connectivity index (χ0n) is 12.9. The summed E-state index contributed by atoms with van der Waals surface area (Å²) in [4.78, 5) is 0.161. The van der Waals surface area contributed by atoms with Crippen molar-refractivity contribution in [3.8, 4) is 16.9 Å². The fourth-order valence-electron chi connectivity index (χ4n) is 2.41. The predicted molar refractivity (Wildman–Crippen MR) is 98.2 cm³/mol. The molecule has 0 bridgehead atoms. The molecule has 0 atom stereocenters. The Labute approximate surface area is 155 Å². The van der Waals surface area contributed by atoms with Gasteiger partial charge in [0, 0.05) is 16.7 Å². The lowest BCUT2D eigenvalue weighted by Gasteiger charge is -2.09. The van der Waals surface area contributed by atoms with E-state index in [4.69, 9.17) is 28.3 Å². The Kier molecular flexibility index (Phi) is 5.15. The molecule has 5 nitrogen and oxygen atoms in total. The van der Waals surface area contributed by atoms with Crippen molar-refractivity contribution in [2.24, 2.45) is 0 Å². The zero-order valence-corrected chi connectivity index (χ0v) is 15.3. The molecule has 3 rings (SSSR count). The molecule has 0 aliphatic rings. The summed E-state index contributed by atoms with van der Waals surface area (Å²) in [6.45, 7) is -0.414. The van der Waals surface area contributed by atoms with E-state index in [2.05, 4.69) is 5.10 Å². The molecule has 130 valence electrons. The monoisotopic (exact) mass is 396 g/mol. The molecule has 0 saturated carbocycles. The minimum Gasteiger partial charge on any atom is -0.395 e. The summed E-state index contributed by atoms with van der Waals surface area (Å²) in [5.74, 6) is -0.305. The van der Waals surface area contributed by atoms with Crippen LogP contribution in [0.15, 0.2) is 59.5 Å². The van der Waals surface area contributed by atoms with E-state index in [0.717, 1.165) is 16.9 Å². The van der Waals surface area contributed by atoms with Crippen LogP contribution in [0.5, 0.6) is 0 Å². The Bertz CT molecular complexity index is 982. The molecular weight excluding hydrogens is 383 g/mol. The lowest BCUT2D eigenvalue weighted by Crippen LogP contribution is -2.09. The first-order valence-electron chi connectivity index (χ1n) is 7.36. The highest BCUT2D eigenvalue weighted by molar-refractivity contribution is 7.91. The molecule has 3 aromatic rings. The molecule has 2 aromatic carbocycles. The van der Waals surface area contributed by atoms with E-state index in [1.165, 1.54) is 12.1 Å². The first kappa shape index (κ1) is 17.9. The number of benzene rings is 2. The lowest BCUT2D eigenvalue weighted by atomic mass is 10.1. The Balaban J connectivity index is 2.02. The van der Waals surface area contributed by atoms with Gasteiger partial charge in [0.1, 0.15) is 0 Å². The summed E-state index contributed by atoms with van der Waals surface area (Å²) < 4.78 is 25.6. The highest BCUT2D eigenvalue weighted by Crippen LogP contribution is 2.27. The molecule has 1 N–H and O–H groups in total. The second-order valence-corrected chi connectivity index (χ2v) is 8.24. The van der Waals surface area contributed by atoms with Gasteiger partial charge in [-0.1, -0.05) is 35.3 Å². The summed E-state index contributed by atoms with van der Waals surface area (Å²) in [7, 11) is -3.48. The highest BCUT2D eigenvalue weighted by atomic mass is 35.5. The number of sulfone groups is 1. The molecule has 25 heavy (non-hydrogen) atoms. The van der Waals surface area contributed by atoms with Gasteiger partial charge in [0.25, 0.3) is 0 Å². The van der Waals surface area contributed by atoms with Crippen molar-refractivity contribution in [1.29, 1.82) is 0 Å². The number of rotatable bonds is 5. The summed E-state index contributed by atoms with van der Waals surface area (Å²) in [6.07, 6.45) is 0. The first-order valence-corrected chi connectivity index (χ1v) is 9.77. The van der Waals surface area contributed by atoms with E-state index in [0.29, 0.717) is 10.2 Å². The molecule has 8 heteroatoms. The smallest absolute Gasteiger partial charge is 0.180 e. The van der Waals surface area contributed by atoms with E-state index in [9.17, 15) is 8.42 Å².